The third-order valence-electron chi connectivity index (χ3n) is 2.36. The Bertz CT molecular complexity index is 583. The van der Waals surface area contributed by atoms with Gasteiger partial charge in [-0.25, -0.2) is 13.2 Å². The Kier molecular flexibility index (Phi) is 3.12. The lowest BCUT2D eigenvalue weighted by atomic mass is 10.5. The van der Waals surface area contributed by atoms with E-state index in [1.165, 1.54) is 0 Å². The van der Waals surface area contributed by atoms with E-state index in [-0.39, 0.29) is 6.04 Å². The van der Waals surface area contributed by atoms with Gasteiger partial charge in [0.05, 0.1) is 0 Å². The van der Waals surface area contributed by atoms with Crippen LogP contribution >= 0.6 is 0 Å². The third kappa shape index (κ3) is 2.89. The van der Waals surface area contributed by atoms with Gasteiger partial charge < -0.3 is 14.8 Å². The van der Waals surface area contributed by atoms with Crippen molar-refractivity contribution in [1.29, 1.82) is 0 Å². The van der Waals surface area contributed by atoms with Gasteiger partial charge >= 0.3 is 5.97 Å². The topological polar surface area (TPSA) is 114 Å². The SMILES string of the molecule is O=C(CS(=O)(=O)c1ccc(C(=O)O)o1)NC1CC1. The number of carbonyl (C=O) groups is 2. The molecule has 2 N–H and O–H groups in total. The number of aromatic carboxylic acids is 1. The lowest BCUT2D eigenvalue weighted by Gasteiger charge is -2.02. The number of rotatable bonds is 5. The molecule has 7 nitrogen and oxygen atoms in total. The molecule has 0 saturated heterocycles. The fourth-order valence-electron chi connectivity index (χ4n) is 1.34. The first-order valence-corrected chi connectivity index (χ1v) is 6.89. The van der Waals surface area contributed by atoms with Gasteiger partial charge in [-0.05, 0) is 25.0 Å². The molecule has 8 heteroatoms. The second kappa shape index (κ2) is 4.45. The molecule has 1 amide bonds. The molecular weight excluding hydrogens is 262 g/mol. The fraction of sp³-hybridized carbons (Fsp3) is 0.400. The molecule has 0 aliphatic heterocycles. The maximum Gasteiger partial charge on any atom is 0.371 e. The van der Waals surface area contributed by atoms with Crippen LogP contribution in [0.25, 0.3) is 0 Å². The second-order valence-corrected chi connectivity index (χ2v) is 5.95. The number of carboxylic acids is 1. The number of carboxylic acid groups (broad SMARTS) is 1. The molecule has 0 atom stereocenters. The smallest absolute Gasteiger partial charge is 0.371 e. The molecule has 98 valence electrons. The van der Waals surface area contributed by atoms with Crippen LogP contribution in [0.2, 0.25) is 0 Å². The molecular formula is C10H11NO6S. The first kappa shape index (κ1) is 12.6. The second-order valence-electron chi connectivity index (χ2n) is 4.02. The summed E-state index contributed by atoms with van der Waals surface area (Å²) in [7, 11) is -3.93. The Morgan fingerprint density at radius 1 is 1.39 bits per heavy atom. The lowest BCUT2D eigenvalue weighted by Crippen LogP contribution is -2.31. The van der Waals surface area contributed by atoms with Crippen LogP contribution in [0.15, 0.2) is 21.6 Å². The van der Waals surface area contributed by atoms with Crippen LogP contribution in [0.3, 0.4) is 0 Å². The third-order valence-corrected chi connectivity index (χ3v) is 3.84. The molecule has 2 rings (SSSR count). The van der Waals surface area contributed by atoms with Gasteiger partial charge in [0.15, 0.2) is 0 Å². The zero-order valence-electron chi connectivity index (χ0n) is 9.25. The molecule has 1 aromatic rings. The normalized spacial score (nSPS) is 15.3. The zero-order chi connectivity index (χ0) is 13.3. The van der Waals surface area contributed by atoms with E-state index in [1.807, 2.05) is 0 Å². The molecule has 1 saturated carbocycles. The van der Waals surface area contributed by atoms with Crippen LogP contribution in [-0.2, 0) is 14.6 Å². The quantitative estimate of drug-likeness (QED) is 0.782. The summed E-state index contributed by atoms with van der Waals surface area (Å²) in [6.45, 7) is 0. The molecule has 0 bridgehead atoms. The van der Waals surface area contributed by atoms with Crippen molar-refractivity contribution < 1.29 is 27.5 Å². The monoisotopic (exact) mass is 273 g/mol. The Morgan fingerprint density at radius 3 is 2.56 bits per heavy atom. The summed E-state index contributed by atoms with van der Waals surface area (Å²) in [6, 6.07) is 2.14. The summed E-state index contributed by atoms with van der Waals surface area (Å²) in [6.07, 6.45) is 1.71. The van der Waals surface area contributed by atoms with E-state index >= 15 is 0 Å². The highest BCUT2D eigenvalue weighted by Crippen LogP contribution is 2.19. The molecule has 1 heterocycles. The van der Waals surface area contributed by atoms with E-state index < -0.39 is 38.3 Å². The predicted octanol–water partition coefficient (Wildman–Crippen LogP) is 0.0301. The highest BCUT2D eigenvalue weighted by molar-refractivity contribution is 7.92. The number of nitrogens with one attached hydrogen (secondary N) is 1. The van der Waals surface area contributed by atoms with Gasteiger partial charge in [-0.15, -0.1) is 0 Å². The van der Waals surface area contributed by atoms with Crippen LogP contribution in [0.5, 0.6) is 0 Å². The van der Waals surface area contributed by atoms with E-state index in [9.17, 15) is 18.0 Å². The van der Waals surface area contributed by atoms with Crippen molar-refractivity contribution in [3.63, 3.8) is 0 Å². The minimum atomic E-state index is -3.93. The zero-order valence-corrected chi connectivity index (χ0v) is 10.1. The number of hydrogen-bond donors (Lipinski definition) is 2. The van der Waals surface area contributed by atoms with Crippen molar-refractivity contribution in [3.8, 4) is 0 Å². The van der Waals surface area contributed by atoms with Crippen molar-refractivity contribution in [3.05, 3.63) is 17.9 Å². The van der Waals surface area contributed by atoms with Crippen molar-refractivity contribution in [1.82, 2.24) is 5.32 Å². The highest BCUT2D eigenvalue weighted by Gasteiger charge is 2.28. The lowest BCUT2D eigenvalue weighted by molar-refractivity contribution is -0.118. The van der Waals surface area contributed by atoms with Crippen LogP contribution in [0, 0.1) is 0 Å². The molecule has 1 aliphatic carbocycles. The van der Waals surface area contributed by atoms with Gasteiger partial charge in [-0.1, -0.05) is 0 Å². The number of sulfone groups is 1. The molecule has 18 heavy (non-hydrogen) atoms. The van der Waals surface area contributed by atoms with Gasteiger partial charge in [0.1, 0.15) is 5.75 Å². The maximum atomic E-state index is 11.7. The van der Waals surface area contributed by atoms with E-state index in [0.717, 1.165) is 25.0 Å². The van der Waals surface area contributed by atoms with Crippen molar-refractivity contribution >= 4 is 21.7 Å². The average Bonchev–Trinajstić information content (AvgIpc) is 2.91. The van der Waals surface area contributed by atoms with E-state index in [2.05, 4.69) is 9.73 Å². The number of furan rings is 1. The van der Waals surface area contributed by atoms with Gasteiger partial charge in [0, 0.05) is 6.04 Å². The summed E-state index contributed by atoms with van der Waals surface area (Å²) >= 11 is 0. The standard InChI is InChI=1S/C10H11NO6S/c12-8(11-6-1-2-6)5-18(15,16)9-4-3-7(17-9)10(13)14/h3-4,6H,1-2,5H2,(H,11,12)(H,13,14). The van der Waals surface area contributed by atoms with E-state index in [1.54, 1.807) is 0 Å². The van der Waals surface area contributed by atoms with Crippen LogP contribution in [-0.4, -0.2) is 37.2 Å². The number of carbonyl (C=O) groups excluding carboxylic acids is 1. The van der Waals surface area contributed by atoms with Crippen molar-refractivity contribution in [2.45, 2.75) is 24.0 Å². The molecule has 1 aromatic heterocycles. The van der Waals surface area contributed by atoms with Crippen molar-refractivity contribution in [2.75, 3.05) is 5.75 Å². The van der Waals surface area contributed by atoms with Gasteiger partial charge in [-0.3, -0.25) is 4.79 Å². The van der Waals surface area contributed by atoms with Gasteiger partial charge in [0.2, 0.25) is 26.6 Å². The molecule has 0 radical (unpaired) electrons. The molecule has 0 aromatic carbocycles. The summed E-state index contributed by atoms with van der Waals surface area (Å²) in [5, 5.41) is 10.6. The summed E-state index contributed by atoms with van der Waals surface area (Å²) < 4.78 is 28.1. The number of amides is 1. The van der Waals surface area contributed by atoms with E-state index in [4.69, 9.17) is 5.11 Å². The average molecular weight is 273 g/mol. The molecule has 0 spiro atoms. The Labute approximate surface area is 103 Å². The van der Waals surface area contributed by atoms with Crippen LogP contribution < -0.4 is 5.32 Å². The first-order valence-electron chi connectivity index (χ1n) is 5.24. The minimum absolute atomic E-state index is 0.0684. The molecule has 1 fully saturated rings. The highest BCUT2D eigenvalue weighted by atomic mass is 32.2. The molecule has 0 unspecified atom stereocenters. The summed E-state index contributed by atoms with van der Waals surface area (Å²) in [5.74, 6) is -3.18. The van der Waals surface area contributed by atoms with Gasteiger partial charge in [0.25, 0.3) is 0 Å². The Hall–Kier alpha value is -1.83. The Morgan fingerprint density at radius 2 is 2.06 bits per heavy atom. The minimum Gasteiger partial charge on any atom is -0.475 e. The van der Waals surface area contributed by atoms with Gasteiger partial charge in [-0.2, -0.15) is 0 Å². The Balaban J connectivity index is 2.08. The predicted molar refractivity (Wildman–Crippen MR) is 58.9 cm³/mol. The fourth-order valence-corrected chi connectivity index (χ4v) is 2.41. The number of hydrogen-bond acceptors (Lipinski definition) is 5. The van der Waals surface area contributed by atoms with Crippen LogP contribution in [0.1, 0.15) is 23.4 Å². The van der Waals surface area contributed by atoms with E-state index in [0.29, 0.717) is 0 Å². The molecule has 1 aliphatic rings. The van der Waals surface area contributed by atoms with Crippen molar-refractivity contribution in [2.24, 2.45) is 0 Å². The largest absolute Gasteiger partial charge is 0.475 e. The first-order chi connectivity index (χ1) is 8.38. The summed E-state index contributed by atoms with van der Waals surface area (Å²) in [5.41, 5.74) is 0. The maximum absolute atomic E-state index is 11.7. The summed E-state index contributed by atoms with van der Waals surface area (Å²) in [4.78, 5) is 21.9. The van der Waals surface area contributed by atoms with Crippen LogP contribution in [0.4, 0.5) is 0 Å².